The third kappa shape index (κ3) is 9.70. The van der Waals surface area contributed by atoms with Gasteiger partial charge in [-0.1, -0.05) is 0 Å². The van der Waals surface area contributed by atoms with Gasteiger partial charge in [-0.15, -0.1) is 0 Å². The number of rotatable bonds is 0. The van der Waals surface area contributed by atoms with Gasteiger partial charge in [-0.25, -0.2) is 0 Å². The van der Waals surface area contributed by atoms with Gasteiger partial charge in [-0.2, -0.15) is 0 Å². The van der Waals surface area contributed by atoms with Gasteiger partial charge >= 0.3 is 31.3 Å². The molecule has 0 heterocycles. The second kappa shape index (κ2) is 8.82. The number of hydrogen-bond acceptors (Lipinski definition) is 1. The standard InChI is InChI=1S/Ge.O.S.Sb. The quantitative estimate of drug-likeness (QED) is 0.536. The van der Waals surface area contributed by atoms with E-state index < -0.39 is 19.4 Å². The molecule has 0 aliphatic heterocycles. The second-order valence-electron chi connectivity index (χ2n) is 0.0745. The first-order valence-electron chi connectivity index (χ1n) is 0.365. The summed E-state index contributed by atoms with van der Waals surface area (Å²) in [6, 6.07) is 0. The van der Waals surface area contributed by atoms with Gasteiger partial charge in [0.1, 0.15) is 0 Å². The molecule has 1 nitrogen and oxygen atoms in total. The molecular formula is GeOSSb. The Morgan fingerprint density at radius 2 is 1.75 bits per heavy atom. The number of hydrogen-bond donors (Lipinski definition) is 0. The van der Waals surface area contributed by atoms with Crippen molar-refractivity contribution in [2.75, 3.05) is 0 Å². The first-order chi connectivity index (χ1) is 1.41. The van der Waals surface area contributed by atoms with Crippen molar-refractivity contribution >= 4 is 45.9 Å². The molecule has 0 atom stereocenters. The van der Waals surface area contributed by atoms with Gasteiger partial charge in [0.2, 0.25) is 0 Å². The summed E-state index contributed by atoms with van der Waals surface area (Å²) in [5.74, 6) is 0. The van der Waals surface area contributed by atoms with Crippen molar-refractivity contribution < 1.29 is 3.02 Å². The molecule has 4 heavy (non-hydrogen) atoms. The van der Waals surface area contributed by atoms with Gasteiger partial charge in [0, 0.05) is 17.6 Å². The summed E-state index contributed by atoms with van der Waals surface area (Å²) in [6.45, 7) is 0. The molecule has 0 rings (SSSR count). The summed E-state index contributed by atoms with van der Waals surface area (Å²) < 4.78 is 8.90. The Hall–Kier alpha value is 1.51. The van der Waals surface area contributed by atoms with Crippen LogP contribution in [0.25, 0.3) is 0 Å². The van der Waals surface area contributed by atoms with Crippen LogP contribution in [0.5, 0.6) is 0 Å². The van der Waals surface area contributed by atoms with Crippen LogP contribution in [-0.4, -0.2) is 37.0 Å². The molecule has 0 N–H and O–H groups in total. The van der Waals surface area contributed by atoms with E-state index >= 15 is 0 Å². The van der Waals surface area contributed by atoms with Crippen molar-refractivity contribution in [1.29, 1.82) is 0 Å². The van der Waals surface area contributed by atoms with E-state index in [1.165, 1.54) is 0 Å². The van der Waals surface area contributed by atoms with E-state index in [4.69, 9.17) is 3.02 Å². The van der Waals surface area contributed by atoms with E-state index in [1.807, 2.05) is 0 Å². The van der Waals surface area contributed by atoms with Crippen molar-refractivity contribution in [1.82, 2.24) is 0 Å². The third-order valence-corrected chi connectivity index (χ3v) is 0. The Morgan fingerprint density at radius 3 is 1.75 bits per heavy atom. The molecule has 0 aromatic heterocycles. The summed E-state index contributed by atoms with van der Waals surface area (Å²) >= 11 is -1.32. The Bertz CT molecular complexity index is 54.2. The normalized spacial score (nSPS) is 1.75. The molecule has 0 saturated carbocycles. The van der Waals surface area contributed by atoms with Crippen LogP contribution in [-0.2, 0) is 3.02 Å². The third-order valence-electron chi connectivity index (χ3n) is 0. The fraction of sp³-hybridized carbons (Fsp3) is 0. The fourth-order valence-electron chi connectivity index (χ4n) is 0. The van der Waals surface area contributed by atoms with Crippen LogP contribution in [0.15, 0.2) is 0 Å². The molecule has 0 aromatic rings. The van der Waals surface area contributed by atoms with Crippen molar-refractivity contribution in [3.63, 3.8) is 0 Å². The maximum absolute atomic E-state index is 8.90. The SMILES string of the molecule is [Ge].[O]=[Sb]#[S]. The Balaban J connectivity index is 0. The molecule has 5 radical (unpaired) electrons. The molecule has 4 heteroatoms. The predicted octanol–water partition coefficient (Wildman–Crippen LogP) is -0.232. The second-order valence-corrected chi connectivity index (χ2v) is 1.50. The minimum atomic E-state index is -1.32. The molecule has 0 amide bonds. The molecule has 0 bridgehead atoms. The average Bonchev–Trinajstić information content (AvgIpc) is 0.918. The van der Waals surface area contributed by atoms with Crippen LogP contribution >= 0.6 is 8.94 Å². The maximum atomic E-state index is 8.90. The van der Waals surface area contributed by atoms with Gasteiger partial charge < -0.3 is 0 Å². The van der Waals surface area contributed by atoms with Gasteiger partial charge in [0.25, 0.3) is 0 Å². The van der Waals surface area contributed by atoms with E-state index in [-0.39, 0.29) is 17.6 Å². The first kappa shape index (κ1) is 9.10. The van der Waals surface area contributed by atoms with Gasteiger partial charge in [0.05, 0.1) is 0 Å². The van der Waals surface area contributed by atoms with E-state index in [1.54, 1.807) is 0 Å². The van der Waals surface area contributed by atoms with Crippen molar-refractivity contribution in [2.24, 2.45) is 0 Å². The zero-order valence-electron chi connectivity index (χ0n) is 1.76. The van der Waals surface area contributed by atoms with E-state index in [2.05, 4.69) is 8.94 Å². The average molecular weight is 242 g/mol. The van der Waals surface area contributed by atoms with Crippen LogP contribution in [0.1, 0.15) is 0 Å². The summed E-state index contributed by atoms with van der Waals surface area (Å²) in [6.07, 6.45) is 0. The van der Waals surface area contributed by atoms with E-state index in [9.17, 15) is 0 Å². The predicted molar refractivity (Wildman–Crippen MR) is 19.8 cm³/mol. The Morgan fingerprint density at radius 1 is 1.75 bits per heavy atom. The topological polar surface area (TPSA) is 17.1 Å². The molecule has 0 aliphatic carbocycles. The molecule has 0 aromatic carbocycles. The first-order valence-corrected chi connectivity index (χ1v) is 4.90. The molecule has 0 unspecified atom stereocenters. The van der Waals surface area contributed by atoms with Crippen molar-refractivity contribution in [3.8, 4) is 0 Å². The Labute approximate surface area is 48.6 Å². The Kier molecular flexibility index (Phi) is 20.1. The summed E-state index contributed by atoms with van der Waals surface area (Å²) in [4.78, 5) is 0. The fourth-order valence-corrected chi connectivity index (χ4v) is 0. The molecular weight excluding hydrogens is 242 g/mol. The molecule has 0 saturated heterocycles. The van der Waals surface area contributed by atoms with Crippen molar-refractivity contribution in [3.05, 3.63) is 0 Å². The van der Waals surface area contributed by atoms with Gasteiger partial charge in [-0.3, -0.25) is 0 Å². The monoisotopic (exact) mass is 243 g/mol. The molecule has 0 aliphatic rings. The summed E-state index contributed by atoms with van der Waals surface area (Å²) in [5, 5.41) is 0. The van der Waals surface area contributed by atoms with Crippen LogP contribution in [0, 0.1) is 0 Å². The zero-order chi connectivity index (χ0) is 2.71. The van der Waals surface area contributed by atoms with Gasteiger partial charge in [0.15, 0.2) is 0 Å². The van der Waals surface area contributed by atoms with Gasteiger partial charge in [-0.05, 0) is 0 Å². The molecule has 0 fully saturated rings. The zero-order valence-corrected chi connectivity index (χ0v) is 7.23. The molecule has 0 spiro atoms. The van der Waals surface area contributed by atoms with Crippen LogP contribution in [0.2, 0.25) is 0 Å². The van der Waals surface area contributed by atoms with Crippen LogP contribution in [0.4, 0.5) is 0 Å². The van der Waals surface area contributed by atoms with Crippen LogP contribution in [0.3, 0.4) is 0 Å². The van der Waals surface area contributed by atoms with E-state index in [0.29, 0.717) is 0 Å². The summed E-state index contributed by atoms with van der Waals surface area (Å²) in [7, 11) is 3.99. The summed E-state index contributed by atoms with van der Waals surface area (Å²) in [5.41, 5.74) is 0. The van der Waals surface area contributed by atoms with Crippen molar-refractivity contribution in [2.45, 2.75) is 0 Å². The molecule has 21 valence electrons. The van der Waals surface area contributed by atoms with Crippen LogP contribution < -0.4 is 0 Å². The minimum absolute atomic E-state index is 0. The van der Waals surface area contributed by atoms with E-state index in [0.717, 1.165) is 0 Å².